The van der Waals surface area contributed by atoms with Gasteiger partial charge in [0.2, 0.25) is 6.79 Å². The van der Waals surface area contributed by atoms with Gasteiger partial charge >= 0.3 is 0 Å². The van der Waals surface area contributed by atoms with E-state index >= 15 is 0 Å². The van der Waals surface area contributed by atoms with Crippen LogP contribution in [0.4, 0.5) is 0 Å². The normalized spacial score (nSPS) is 14.1. The van der Waals surface area contributed by atoms with Gasteiger partial charge in [-0.25, -0.2) is 0 Å². The van der Waals surface area contributed by atoms with E-state index in [9.17, 15) is 0 Å². The molecule has 1 N–H and O–H groups in total. The van der Waals surface area contributed by atoms with Crippen molar-refractivity contribution >= 4 is 0 Å². The molecule has 1 heterocycles. The molecular weight excluding hydrogens is 262 g/mol. The molecule has 0 aromatic heterocycles. The zero-order valence-corrected chi connectivity index (χ0v) is 12.3. The fourth-order valence-corrected chi connectivity index (χ4v) is 2.64. The summed E-state index contributed by atoms with van der Waals surface area (Å²) in [7, 11) is 0. The van der Waals surface area contributed by atoms with Gasteiger partial charge in [0, 0.05) is 12.6 Å². The topological polar surface area (TPSA) is 30.5 Å². The van der Waals surface area contributed by atoms with Crippen molar-refractivity contribution in [2.75, 3.05) is 6.79 Å². The molecule has 0 bridgehead atoms. The van der Waals surface area contributed by atoms with Gasteiger partial charge in [0.25, 0.3) is 0 Å². The second-order valence-electron chi connectivity index (χ2n) is 5.32. The quantitative estimate of drug-likeness (QED) is 0.867. The van der Waals surface area contributed by atoms with Gasteiger partial charge in [0.15, 0.2) is 11.5 Å². The lowest BCUT2D eigenvalue weighted by molar-refractivity contribution is 0.174. The number of hydrogen-bond acceptors (Lipinski definition) is 3. The molecular formula is C18H21NO2. The fourth-order valence-electron chi connectivity index (χ4n) is 2.64. The first-order valence-electron chi connectivity index (χ1n) is 7.53. The van der Waals surface area contributed by atoms with Crippen molar-refractivity contribution in [2.45, 2.75) is 32.4 Å². The SMILES string of the molecule is CCCC(NCc1ccccc1)c1ccc2c(c1)OCO2. The van der Waals surface area contributed by atoms with E-state index in [1.807, 2.05) is 12.1 Å². The summed E-state index contributed by atoms with van der Waals surface area (Å²) in [6.45, 7) is 3.42. The van der Waals surface area contributed by atoms with E-state index in [0.717, 1.165) is 30.9 Å². The van der Waals surface area contributed by atoms with Crippen molar-refractivity contribution < 1.29 is 9.47 Å². The van der Waals surface area contributed by atoms with E-state index in [1.54, 1.807) is 0 Å². The molecule has 110 valence electrons. The molecule has 0 saturated heterocycles. The minimum Gasteiger partial charge on any atom is -0.454 e. The van der Waals surface area contributed by atoms with Crippen molar-refractivity contribution in [1.82, 2.24) is 5.32 Å². The number of ether oxygens (including phenoxy) is 2. The Balaban J connectivity index is 1.72. The van der Waals surface area contributed by atoms with E-state index in [1.165, 1.54) is 11.1 Å². The van der Waals surface area contributed by atoms with Crippen LogP contribution in [-0.4, -0.2) is 6.79 Å². The molecule has 3 rings (SSSR count). The van der Waals surface area contributed by atoms with E-state index in [4.69, 9.17) is 9.47 Å². The molecule has 0 amide bonds. The monoisotopic (exact) mass is 283 g/mol. The van der Waals surface area contributed by atoms with Gasteiger partial charge in [0.05, 0.1) is 0 Å². The molecule has 1 aliphatic heterocycles. The van der Waals surface area contributed by atoms with Crippen LogP contribution < -0.4 is 14.8 Å². The minimum atomic E-state index is 0.328. The first-order chi connectivity index (χ1) is 10.4. The molecule has 1 aliphatic rings. The Morgan fingerprint density at radius 1 is 1.05 bits per heavy atom. The number of nitrogens with one attached hydrogen (secondary N) is 1. The number of fused-ring (bicyclic) bond motifs is 1. The van der Waals surface area contributed by atoms with Crippen LogP contribution in [0.5, 0.6) is 11.5 Å². The lowest BCUT2D eigenvalue weighted by Gasteiger charge is -2.19. The molecule has 2 aromatic rings. The van der Waals surface area contributed by atoms with Gasteiger partial charge in [-0.3, -0.25) is 0 Å². The molecule has 21 heavy (non-hydrogen) atoms. The van der Waals surface area contributed by atoms with Crippen LogP contribution in [0, 0.1) is 0 Å². The molecule has 0 fully saturated rings. The van der Waals surface area contributed by atoms with Gasteiger partial charge in [-0.1, -0.05) is 49.7 Å². The highest BCUT2D eigenvalue weighted by atomic mass is 16.7. The van der Waals surface area contributed by atoms with Gasteiger partial charge in [0.1, 0.15) is 0 Å². The van der Waals surface area contributed by atoms with Crippen LogP contribution in [0.25, 0.3) is 0 Å². The minimum absolute atomic E-state index is 0.328. The molecule has 2 aromatic carbocycles. The Morgan fingerprint density at radius 3 is 2.67 bits per heavy atom. The third-order valence-corrected chi connectivity index (χ3v) is 3.77. The van der Waals surface area contributed by atoms with Crippen molar-refractivity contribution in [3.8, 4) is 11.5 Å². The van der Waals surface area contributed by atoms with Crippen LogP contribution in [-0.2, 0) is 6.54 Å². The lowest BCUT2D eigenvalue weighted by atomic mass is 10.0. The maximum absolute atomic E-state index is 5.48. The smallest absolute Gasteiger partial charge is 0.231 e. The highest BCUT2D eigenvalue weighted by Gasteiger charge is 2.17. The fraction of sp³-hybridized carbons (Fsp3) is 0.333. The van der Waals surface area contributed by atoms with E-state index < -0.39 is 0 Å². The summed E-state index contributed by atoms with van der Waals surface area (Å²) >= 11 is 0. The summed E-state index contributed by atoms with van der Waals surface area (Å²) in [4.78, 5) is 0. The van der Waals surface area contributed by atoms with E-state index in [-0.39, 0.29) is 0 Å². The van der Waals surface area contributed by atoms with Crippen LogP contribution >= 0.6 is 0 Å². The number of benzene rings is 2. The molecule has 1 unspecified atom stereocenters. The lowest BCUT2D eigenvalue weighted by Crippen LogP contribution is -2.20. The Bertz CT molecular complexity index is 583. The predicted octanol–water partition coefficient (Wildman–Crippen LogP) is 4.05. The Labute approximate surface area is 125 Å². The van der Waals surface area contributed by atoms with Crippen molar-refractivity contribution in [3.63, 3.8) is 0 Å². The van der Waals surface area contributed by atoms with Crippen LogP contribution in [0.2, 0.25) is 0 Å². The third-order valence-electron chi connectivity index (χ3n) is 3.77. The Hall–Kier alpha value is -2.00. The van der Waals surface area contributed by atoms with E-state index in [2.05, 4.69) is 48.6 Å². The second-order valence-corrected chi connectivity index (χ2v) is 5.32. The predicted molar refractivity (Wildman–Crippen MR) is 83.5 cm³/mol. The maximum atomic E-state index is 5.48. The zero-order valence-electron chi connectivity index (χ0n) is 12.3. The molecule has 3 nitrogen and oxygen atoms in total. The van der Waals surface area contributed by atoms with Gasteiger partial charge in [-0.2, -0.15) is 0 Å². The maximum Gasteiger partial charge on any atom is 0.231 e. The first-order valence-corrected chi connectivity index (χ1v) is 7.53. The van der Waals surface area contributed by atoms with Crippen LogP contribution in [0.15, 0.2) is 48.5 Å². The summed E-state index contributed by atoms with van der Waals surface area (Å²) in [5.41, 5.74) is 2.57. The average Bonchev–Trinajstić information content (AvgIpc) is 3.00. The Kier molecular flexibility index (Phi) is 4.41. The summed E-state index contributed by atoms with van der Waals surface area (Å²) < 4.78 is 10.9. The van der Waals surface area contributed by atoms with E-state index in [0.29, 0.717) is 12.8 Å². The summed E-state index contributed by atoms with van der Waals surface area (Å²) in [5, 5.41) is 3.65. The molecule has 0 radical (unpaired) electrons. The van der Waals surface area contributed by atoms with Gasteiger partial charge < -0.3 is 14.8 Å². The number of hydrogen-bond donors (Lipinski definition) is 1. The highest BCUT2D eigenvalue weighted by molar-refractivity contribution is 5.45. The second kappa shape index (κ2) is 6.64. The standard InChI is InChI=1S/C18H21NO2/c1-2-6-16(19-12-14-7-4-3-5-8-14)15-9-10-17-18(11-15)21-13-20-17/h3-5,7-11,16,19H,2,6,12-13H2,1H3. The first kappa shape index (κ1) is 14.0. The molecule has 0 saturated carbocycles. The summed E-state index contributed by atoms with van der Waals surface area (Å²) in [5.74, 6) is 1.70. The van der Waals surface area contributed by atoms with Crippen molar-refractivity contribution in [3.05, 3.63) is 59.7 Å². The van der Waals surface area contributed by atoms with Crippen molar-refractivity contribution in [1.29, 1.82) is 0 Å². The third kappa shape index (κ3) is 3.37. The summed E-state index contributed by atoms with van der Waals surface area (Å²) in [6.07, 6.45) is 2.24. The van der Waals surface area contributed by atoms with Crippen molar-refractivity contribution in [2.24, 2.45) is 0 Å². The Morgan fingerprint density at radius 2 is 1.86 bits per heavy atom. The molecule has 0 aliphatic carbocycles. The van der Waals surface area contributed by atoms with Gasteiger partial charge in [-0.05, 0) is 29.7 Å². The average molecular weight is 283 g/mol. The molecule has 1 atom stereocenters. The van der Waals surface area contributed by atoms with Gasteiger partial charge in [-0.15, -0.1) is 0 Å². The zero-order chi connectivity index (χ0) is 14.5. The highest BCUT2D eigenvalue weighted by Crippen LogP contribution is 2.35. The number of rotatable bonds is 6. The summed E-state index contributed by atoms with van der Waals surface area (Å²) in [6, 6.07) is 17.1. The molecule has 0 spiro atoms. The molecule has 3 heteroatoms. The largest absolute Gasteiger partial charge is 0.454 e. The van der Waals surface area contributed by atoms with Crippen LogP contribution in [0.1, 0.15) is 36.9 Å². The van der Waals surface area contributed by atoms with Crippen LogP contribution in [0.3, 0.4) is 0 Å².